The Morgan fingerprint density at radius 2 is 1.62 bits per heavy atom. The highest BCUT2D eigenvalue weighted by molar-refractivity contribution is 5.85. The van der Waals surface area contributed by atoms with Crippen molar-refractivity contribution in [2.75, 3.05) is 20.2 Å². The number of fused-ring (bicyclic) bond motifs is 3. The van der Waals surface area contributed by atoms with Crippen LogP contribution in [0.2, 0.25) is 0 Å². The van der Waals surface area contributed by atoms with Crippen LogP contribution in [0.15, 0.2) is 48.5 Å². The van der Waals surface area contributed by atoms with Crippen LogP contribution < -0.4 is 5.32 Å². The van der Waals surface area contributed by atoms with Gasteiger partial charge in [0.1, 0.15) is 12.6 Å². The Hall–Kier alpha value is -3.35. The van der Waals surface area contributed by atoms with Gasteiger partial charge in [0.05, 0.1) is 6.42 Å². The molecular weight excluding hydrogens is 372 g/mol. The first kappa shape index (κ1) is 20.4. The number of rotatable bonds is 7. The zero-order valence-electron chi connectivity index (χ0n) is 16.4. The van der Waals surface area contributed by atoms with Crippen LogP contribution >= 0.6 is 0 Å². The molecule has 2 aromatic carbocycles. The van der Waals surface area contributed by atoms with E-state index in [1.54, 1.807) is 6.92 Å². The number of hydrogen-bond acceptors (Lipinski definition) is 4. The summed E-state index contributed by atoms with van der Waals surface area (Å²) < 4.78 is 5.42. The van der Waals surface area contributed by atoms with E-state index in [1.807, 2.05) is 36.4 Å². The van der Waals surface area contributed by atoms with E-state index in [1.165, 1.54) is 11.9 Å². The van der Waals surface area contributed by atoms with Crippen LogP contribution in [0.3, 0.4) is 0 Å². The normalized spacial score (nSPS) is 13.2. The first-order chi connectivity index (χ1) is 13.9. The Morgan fingerprint density at radius 1 is 1.07 bits per heavy atom. The molecule has 1 aliphatic carbocycles. The number of nitrogens with one attached hydrogen (secondary N) is 1. The number of hydrogen-bond donors (Lipinski definition) is 2. The second-order valence-corrected chi connectivity index (χ2v) is 7.10. The third kappa shape index (κ3) is 4.56. The first-order valence-corrected chi connectivity index (χ1v) is 9.46. The lowest BCUT2D eigenvalue weighted by molar-refractivity contribution is -0.138. The molecular formula is C22H24N2O5. The third-order valence-corrected chi connectivity index (χ3v) is 5.09. The third-order valence-electron chi connectivity index (χ3n) is 5.09. The average Bonchev–Trinajstić information content (AvgIpc) is 3.03. The van der Waals surface area contributed by atoms with Gasteiger partial charge in [0.2, 0.25) is 5.91 Å². The maximum atomic E-state index is 12.2. The fraction of sp³-hybridized carbons (Fsp3) is 0.318. The number of carbonyl (C=O) groups excluding carboxylic acids is 2. The minimum Gasteiger partial charge on any atom is -0.481 e. The van der Waals surface area contributed by atoms with Crippen molar-refractivity contribution in [3.63, 3.8) is 0 Å². The average molecular weight is 396 g/mol. The Kier molecular flexibility index (Phi) is 6.16. The zero-order valence-corrected chi connectivity index (χ0v) is 16.4. The standard InChI is InChI=1S/C22H24N2O5/c1-14(21(27)24(2)12-11-20(25)26)23-22(28)29-13-19-17-9-5-3-7-15(17)16-8-4-6-10-18(16)19/h3-10,14,19H,11-13H2,1-2H3,(H,23,28)(H,25,26)/t14-/m1/s1. The van der Waals surface area contributed by atoms with Gasteiger partial charge in [-0.25, -0.2) is 4.79 Å². The quantitative estimate of drug-likeness (QED) is 0.750. The zero-order chi connectivity index (χ0) is 21.0. The lowest BCUT2D eigenvalue weighted by atomic mass is 9.98. The van der Waals surface area contributed by atoms with E-state index >= 15 is 0 Å². The highest BCUT2D eigenvalue weighted by Crippen LogP contribution is 2.44. The molecule has 0 unspecified atom stereocenters. The maximum Gasteiger partial charge on any atom is 0.407 e. The van der Waals surface area contributed by atoms with Gasteiger partial charge in [-0.2, -0.15) is 0 Å². The van der Waals surface area contributed by atoms with E-state index < -0.39 is 18.1 Å². The van der Waals surface area contributed by atoms with Gasteiger partial charge in [-0.3, -0.25) is 9.59 Å². The summed E-state index contributed by atoms with van der Waals surface area (Å²) in [5, 5.41) is 11.2. The molecule has 152 valence electrons. The van der Waals surface area contributed by atoms with E-state index in [9.17, 15) is 14.4 Å². The molecule has 0 heterocycles. The molecule has 0 aliphatic heterocycles. The topological polar surface area (TPSA) is 95.9 Å². The minimum absolute atomic E-state index is 0.0580. The molecule has 0 saturated heterocycles. The molecule has 7 nitrogen and oxygen atoms in total. The number of aliphatic carboxylic acids is 1. The lowest BCUT2D eigenvalue weighted by Gasteiger charge is -2.22. The Bertz CT molecular complexity index is 881. The number of carbonyl (C=O) groups is 3. The molecule has 0 spiro atoms. The van der Waals surface area contributed by atoms with Crippen molar-refractivity contribution in [2.45, 2.75) is 25.3 Å². The van der Waals surface area contributed by atoms with Crippen molar-refractivity contribution < 1.29 is 24.2 Å². The minimum atomic E-state index is -0.984. The van der Waals surface area contributed by atoms with E-state index in [2.05, 4.69) is 17.4 Å². The van der Waals surface area contributed by atoms with Gasteiger partial charge in [0.25, 0.3) is 0 Å². The number of ether oxygens (including phenoxy) is 1. The Labute approximate surface area is 169 Å². The molecule has 2 amide bonds. The first-order valence-electron chi connectivity index (χ1n) is 9.46. The van der Waals surface area contributed by atoms with Gasteiger partial charge >= 0.3 is 12.1 Å². The van der Waals surface area contributed by atoms with Crippen LogP contribution in [0.1, 0.15) is 30.4 Å². The molecule has 1 aliphatic rings. The highest BCUT2D eigenvalue weighted by atomic mass is 16.5. The summed E-state index contributed by atoms with van der Waals surface area (Å²) in [7, 11) is 1.50. The molecule has 2 N–H and O–H groups in total. The highest BCUT2D eigenvalue weighted by Gasteiger charge is 2.29. The van der Waals surface area contributed by atoms with Gasteiger partial charge in [0.15, 0.2) is 0 Å². The van der Waals surface area contributed by atoms with Crippen molar-refractivity contribution in [1.82, 2.24) is 10.2 Å². The monoisotopic (exact) mass is 396 g/mol. The van der Waals surface area contributed by atoms with Crippen LogP contribution in [0.5, 0.6) is 0 Å². The summed E-state index contributed by atoms with van der Waals surface area (Å²) in [6.45, 7) is 1.78. The van der Waals surface area contributed by atoms with E-state index in [0.717, 1.165) is 22.3 Å². The SMILES string of the molecule is C[C@@H](NC(=O)OCC1c2ccccc2-c2ccccc21)C(=O)N(C)CCC(=O)O. The molecule has 0 radical (unpaired) electrons. The van der Waals surface area contributed by atoms with E-state index in [-0.39, 0.29) is 31.4 Å². The smallest absolute Gasteiger partial charge is 0.407 e. The van der Waals surface area contributed by atoms with Crippen LogP contribution in [-0.4, -0.2) is 54.2 Å². The van der Waals surface area contributed by atoms with Crippen LogP contribution in [0.4, 0.5) is 4.79 Å². The predicted octanol–water partition coefficient (Wildman–Crippen LogP) is 2.85. The fourth-order valence-corrected chi connectivity index (χ4v) is 3.58. The molecule has 0 fully saturated rings. The van der Waals surface area contributed by atoms with E-state index in [0.29, 0.717) is 0 Å². The van der Waals surface area contributed by atoms with Crippen molar-refractivity contribution in [2.24, 2.45) is 0 Å². The number of carboxylic acid groups (broad SMARTS) is 1. The van der Waals surface area contributed by atoms with Gasteiger partial charge in [-0.1, -0.05) is 48.5 Å². The Morgan fingerprint density at radius 3 is 2.17 bits per heavy atom. The van der Waals surface area contributed by atoms with Crippen LogP contribution in [-0.2, 0) is 14.3 Å². The summed E-state index contributed by atoms with van der Waals surface area (Å²) in [6, 6.07) is 15.3. The second kappa shape index (κ2) is 8.77. The van der Waals surface area contributed by atoms with Crippen molar-refractivity contribution in [3.8, 4) is 11.1 Å². The molecule has 0 saturated carbocycles. The van der Waals surface area contributed by atoms with Crippen molar-refractivity contribution in [1.29, 1.82) is 0 Å². The van der Waals surface area contributed by atoms with Crippen LogP contribution in [0.25, 0.3) is 11.1 Å². The summed E-state index contributed by atoms with van der Waals surface area (Å²) in [6.07, 6.45) is -0.834. The van der Waals surface area contributed by atoms with Gasteiger partial charge in [-0.05, 0) is 29.2 Å². The van der Waals surface area contributed by atoms with Gasteiger partial charge < -0.3 is 20.1 Å². The number of nitrogens with zero attached hydrogens (tertiary/aromatic N) is 1. The second-order valence-electron chi connectivity index (χ2n) is 7.10. The fourth-order valence-electron chi connectivity index (χ4n) is 3.58. The number of carboxylic acids is 1. The molecule has 29 heavy (non-hydrogen) atoms. The molecule has 0 bridgehead atoms. The molecule has 0 aromatic heterocycles. The van der Waals surface area contributed by atoms with E-state index in [4.69, 9.17) is 9.84 Å². The number of likely N-dealkylation sites (N-methyl/N-ethyl adjacent to an activating group) is 1. The van der Waals surface area contributed by atoms with Crippen molar-refractivity contribution >= 4 is 18.0 Å². The summed E-state index contributed by atoms with van der Waals surface area (Å²) in [5.74, 6) is -1.42. The molecule has 3 rings (SSSR count). The number of benzene rings is 2. The summed E-state index contributed by atoms with van der Waals surface area (Å²) in [4.78, 5) is 36.4. The lowest BCUT2D eigenvalue weighted by Crippen LogP contribution is -2.46. The molecule has 7 heteroatoms. The largest absolute Gasteiger partial charge is 0.481 e. The number of amides is 2. The maximum absolute atomic E-state index is 12.2. The van der Waals surface area contributed by atoms with Gasteiger partial charge in [-0.15, -0.1) is 0 Å². The van der Waals surface area contributed by atoms with Crippen LogP contribution in [0, 0.1) is 0 Å². The summed E-state index contributed by atoms with van der Waals surface area (Å²) in [5.41, 5.74) is 4.50. The number of alkyl carbamates (subject to hydrolysis) is 1. The predicted molar refractivity (Wildman–Crippen MR) is 108 cm³/mol. The van der Waals surface area contributed by atoms with Crippen molar-refractivity contribution in [3.05, 3.63) is 59.7 Å². The molecule has 2 aromatic rings. The molecule has 1 atom stereocenters. The summed E-state index contributed by atoms with van der Waals surface area (Å²) >= 11 is 0. The van der Waals surface area contributed by atoms with Gasteiger partial charge in [0, 0.05) is 19.5 Å². The Balaban J connectivity index is 1.58.